The van der Waals surface area contributed by atoms with Gasteiger partial charge in [-0.15, -0.1) is 0 Å². The molecule has 0 fully saturated rings. The molecule has 2 aromatic rings. The van der Waals surface area contributed by atoms with Crippen LogP contribution in [0.1, 0.15) is 36.0 Å². The van der Waals surface area contributed by atoms with Gasteiger partial charge in [0.2, 0.25) is 5.91 Å². The third-order valence-corrected chi connectivity index (χ3v) is 4.59. The predicted octanol–water partition coefficient (Wildman–Crippen LogP) is 2.19. The molecule has 0 unspecified atom stereocenters. The molecule has 0 aliphatic heterocycles. The average molecular weight is 441 g/mol. The van der Waals surface area contributed by atoms with E-state index in [0.717, 1.165) is 29.5 Å². The molecular formula is C23H28N4O5. The summed E-state index contributed by atoms with van der Waals surface area (Å²) >= 11 is 0. The summed E-state index contributed by atoms with van der Waals surface area (Å²) in [4.78, 5) is 35.4. The van der Waals surface area contributed by atoms with E-state index in [-0.39, 0.29) is 6.61 Å². The fraction of sp³-hybridized carbons (Fsp3) is 0.304. The summed E-state index contributed by atoms with van der Waals surface area (Å²) in [5.74, 6) is 3.36. The number of carbonyl (C=O) groups excluding carboxylic acids is 2. The highest BCUT2D eigenvalue weighted by Gasteiger charge is 2.24. The lowest BCUT2D eigenvalue weighted by atomic mass is 10.1. The smallest absolute Gasteiger partial charge is 0.408 e. The minimum absolute atomic E-state index is 0.0219. The number of aryl methyl sites for hydroxylation is 1. The highest BCUT2D eigenvalue weighted by atomic mass is 16.5. The van der Waals surface area contributed by atoms with Crippen LogP contribution < -0.4 is 16.5 Å². The monoisotopic (exact) mass is 440 g/mol. The number of alkyl carbamates (subject to hydrolysis) is 1. The van der Waals surface area contributed by atoms with Gasteiger partial charge in [-0.1, -0.05) is 54.6 Å². The molecule has 0 saturated heterocycles. The van der Waals surface area contributed by atoms with Crippen LogP contribution in [0, 0.1) is 0 Å². The SMILES string of the molecule is NN=Cc1ccc(CCCCNC(=O)[C@H](CC(=O)O)NC(=O)OCc2ccccc2)cc1. The van der Waals surface area contributed by atoms with E-state index in [4.69, 9.17) is 15.7 Å². The van der Waals surface area contributed by atoms with Gasteiger partial charge >= 0.3 is 12.1 Å². The Morgan fingerprint density at radius 1 is 1.03 bits per heavy atom. The quantitative estimate of drug-likeness (QED) is 0.172. The molecule has 0 aliphatic rings. The zero-order valence-electron chi connectivity index (χ0n) is 17.7. The summed E-state index contributed by atoms with van der Waals surface area (Å²) < 4.78 is 5.07. The average Bonchev–Trinajstić information content (AvgIpc) is 2.78. The van der Waals surface area contributed by atoms with Crippen molar-refractivity contribution in [3.8, 4) is 0 Å². The Morgan fingerprint density at radius 3 is 2.41 bits per heavy atom. The van der Waals surface area contributed by atoms with Crippen molar-refractivity contribution in [3.63, 3.8) is 0 Å². The highest BCUT2D eigenvalue weighted by Crippen LogP contribution is 2.07. The number of hydrazone groups is 1. The molecule has 0 spiro atoms. The number of nitrogens with zero attached hydrogens (tertiary/aromatic N) is 1. The molecule has 2 aromatic carbocycles. The van der Waals surface area contributed by atoms with Crippen molar-refractivity contribution in [1.29, 1.82) is 0 Å². The molecule has 2 rings (SSSR count). The molecule has 1 atom stereocenters. The summed E-state index contributed by atoms with van der Waals surface area (Å²) in [6.45, 7) is 0.391. The van der Waals surface area contributed by atoms with Gasteiger partial charge in [0.1, 0.15) is 12.6 Å². The molecule has 0 saturated carbocycles. The number of rotatable bonds is 12. The number of hydrogen-bond acceptors (Lipinski definition) is 6. The first kappa shape index (κ1) is 24.4. The van der Waals surface area contributed by atoms with Gasteiger partial charge in [0.05, 0.1) is 12.6 Å². The number of ether oxygens (including phenoxy) is 1. The lowest BCUT2D eigenvalue weighted by Crippen LogP contribution is -2.48. The highest BCUT2D eigenvalue weighted by molar-refractivity contribution is 5.89. The number of amides is 2. The number of carboxylic acid groups (broad SMARTS) is 1. The van der Waals surface area contributed by atoms with E-state index in [2.05, 4.69) is 15.7 Å². The number of hydrogen-bond donors (Lipinski definition) is 4. The molecule has 5 N–H and O–H groups in total. The van der Waals surface area contributed by atoms with Crippen molar-refractivity contribution in [1.82, 2.24) is 10.6 Å². The predicted molar refractivity (Wildman–Crippen MR) is 120 cm³/mol. The molecule has 0 radical (unpaired) electrons. The molecule has 0 bridgehead atoms. The van der Waals surface area contributed by atoms with E-state index >= 15 is 0 Å². The Kier molecular flexibility index (Phi) is 10.2. The van der Waals surface area contributed by atoms with E-state index in [9.17, 15) is 14.4 Å². The van der Waals surface area contributed by atoms with E-state index in [1.807, 2.05) is 42.5 Å². The van der Waals surface area contributed by atoms with Crippen LogP contribution in [0.4, 0.5) is 4.79 Å². The van der Waals surface area contributed by atoms with Crippen molar-refractivity contribution in [2.45, 2.75) is 38.3 Å². The third-order valence-electron chi connectivity index (χ3n) is 4.59. The lowest BCUT2D eigenvalue weighted by Gasteiger charge is -2.17. The first-order valence-corrected chi connectivity index (χ1v) is 10.3. The molecule has 0 aliphatic carbocycles. The van der Waals surface area contributed by atoms with Crippen molar-refractivity contribution < 1.29 is 24.2 Å². The maximum Gasteiger partial charge on any atom is 0.408 e. The standard InChI is InChI=1S/C23H28N4O5/c24-26-15-18-11-9-17(10-12-18)6-4-5-13-25-22(30)20(14-21(28)29)27-23(31)32-16-19-7-2-1-3-8-19/h1-3,7-12,15,20H,4-6,13-14,16,24H2,(H,25,30)(H,27,31)(H,28,29)/t20-/m0/s1. The van der Waals surface area contributed by atoms with Gasteiger partial charge in [-0.3, -0.25) is 9.59 Å². The molecule has 9 heteroatoms. The minimum atomic E-state index is -1.22. The summed E-state index contributed by atoms with van der Waals surface area (Å²) in [6.07, 6.45) is 2.55. The van der Waals surface area contributed by atoms with Crippen LogP contribution in [-0.4, -0.2) is 41.9 Å². The van der Waals surface area contributed by atoms with E-state index in [0.29, 0.717) is 13.0 Å². The van der Waals surface area contributed by atoms with Gasteiger partial charge < -0.3 is 26.3 Å². The first-order valence-electron chi connectivity index (χ1n) is 10.3. The van der Waals surface area contributed by atoms with E-state index < -0.39 is 30.4 Å². The summed E-state index contributed by atoms with van der Waals surface area (Å²) in [5.41, 5.74) is 2.85. The van der Waals surface area contributed by atoms with Crippen LogP contribution in [-0.2, 0) is 27.4 Å². The normalized spacial score (nSPS) is 11.6. The Balaban J connectivity index is 1.72. The van der Waals surface area contributed by atoms with Gasteiger partial charge in [0.15, 0.2) is 0 Å². The van der Waals surface area contributed by atoms with Gasteiger partial charge in [-0.25, -0.2) is 4.79 Å². The number of carboxylic acids is 1. The fourth-order valence-corrected chi connectivity index (χ4v) is 2.94. The molecule has 170 valence electrons. The van der Waals surface area contributed by atoms with Gasteiger partial charge in [-0.05, 0) is 36.0 Å². The van der Waals surface area contributed by atoms with E-state index in [1.54, 1.807) is 18.3 Å². The summed E-state index contributed by atoms with van der Waals surface area (Å²) in [6, 6.07) is 15.6. The Hall–Kier alpha value is -3.88. The topological polar surface area (TPSA) is 143 Å². The Bertz CT molecular complexity index is 900. The van der Waals surface area contributed by atoms with Crippen molar-refractivity contribution in [2.75, 3.05) is 6.54 Å². The number of carbonyl (C=O) groups is 3. The van der Waals surface area contributed by atoms with E-state index in [1.165, 1.54) is 0 Å². The molecule has 0 aromatic heterocycles. The Labute approximate surface area is 186 Å². The second-order valence-electron chi connectivity index (χ2n) is 7.12. The van der Waals surface area contributed by atoms with Crippen LogP contribution in [0.5, 0.6) is 0 Å². The Morgan fingerprint density at radius 2 is 1.75 bits per heavy atom. The zero-order chi connectivity index (χ0) is 23.2. The van der Waals surface area contributed by atoms with Crippen molar-refractivity contribution >= 4 is 24.2 Å². The number of nitrogens with one attached hydrogen (secondary N) is 2. The summed E-state index contributed by atoms with van der Waals surface area (Å²) in [5, 5.41) is 17.5. The largest absolute Gasteiger partial charge is 0.481 e. The molecule has 32 heavy (non-hydrogen) atoms. The van der Waals surface area contributed by atoms with Crippen molar-refractivity contribution in [2.24, 2.45) is 10.9 Å². The van der Waals surface area contributed by atoms with Crippen LogP contribution >= 0.6 is 0 Å². The molecule has 0 heterocycles. The van der Waals surface area contributed by atoms with Gasteiger partial charge in [0, 0.05) is 6.54 Å². The maximum absolute atomic E-state index is 12.4. The van der Waals surface area contributed by atoms with Crippen molar-refractivity contribution in [3.05, 3.63) is 71.3 Å². The van der Waals surface area contributed by atoms with Crippen LogP contribution in [0.15, 0.2) is 59.7 Å². The summed E-state index contributed by atoms with van der Waals surface area (Å²) in [7, 11) is 0. The molecule has 2 amide bonds. The fourth-order valence-electron chi connectivity index (χ4n) is 2.94. The third kappa shape index (κ3) is 9.29. The molecular weight excluding hydrogens is 412 g/mol. The second-order valence-corrected chi connectivity index (χ2v) is 7.12. The van der Waals surface area contributed by atoms with Crippen LogP contribution in [0.25, 0.3) is 0 Å². The molecule has 9 nitrogen and oxygen atoms in total. The number of nitrogens with two attached hydrogens (primary N) is 1. The maximum atomic E-state index is 12.4. The van der Waals surface area contributed by atoms with Crippen LogP contribution in [0.2, 0.25) is 0 Å². The lowest BCUT2D eigenvalue weighted by molar-refractivity contribution is -0.139. The minimum Gasteiger partial charge on any atom is -0.481 e. The number of unbranched alkanes of at least 4 members (excludes halogenated alkanes) is 1. The second kappa shape index (κ2) is 13.4. The zero-order valence-corrected chi connectivity index (χ0v) is 17.7. The van der Waals surface area contributed by atoms with Gasteiger partial charge in [-0.2, -0.15) is 5.10 Å². The first-order chi connectivity index (χ1) is 15.5. The number of benzene rings is 2. The number of aliphatic carboxylic acids is 1. The van der Waals surface area contributed by atoms with Gasteiger partial charge in [0.25, 0.3) is 0 Å². The van der Waals surface area contributed by atoms with Crippen LogP contribution in [0.3, 0.4) is 0 Å².